The summed E-state index contributed by atoms with van der Waals surface area (Å²) in [6, 6.07) is 11.1. The van der Waals surface area contributed by atoms with Crippen molar-refractivity contribution in [2.24, 2.45) is 0 Å². The van der Waals surface area contributed by atoms with Crippen LogP contribution in [0.3, 0.4) is 0 Å². The number of benzene rings is 1. The molecule has 4 aromatic rings. The van der Waals surface area contributed by atoms with Gasteiger partial charge in [-0.1, -0.05) is 6.07 Å². The van der Waals surface area contributed by atoms with Crippen molar-refractivity contribution >= 4 is 28.4 Å². The van der Waals surface area contributed by atoms with Crippen LogP contribution in [0.2, 0.25) is 0 Å². The number of fused-ring (bicyclic) bond motifs is 3. The molecule has 0 saturated heterocycles. The zero-order chi connectivity index (χ0) is 22.1. The van der Waals surface area contributed by atoms with Crippen LogP contribution >= 0.6 is 0 Å². The number of hydrogen-bond acceptors (Lipinski definition) is 5. The van der Waals surface area contributed by atoms with Crippen molar-refractivity contribution in [2.75, 3.05) is 19.0 Å². The number of methoxy groups -OCH3 is 1. The van der Waals surface area contributed by atoms with E-state index in [1.165, 1.54) is 10.9 Å². The largest absolute Gasteiger partial charge is 0.497 e. The van der Waals surface area contributed by atoms with Crippen LogP contribution in [0.5, 0.6) is 5.75 Å². The van der Waals surface area contributed by atoms with Crippen molar-refractivity contribution in [3.05, 3.63) is 71.9 Å². The molecule has 32 heavy (non-hydrogen) atoms. The number of pyridine rings is 1. The molecule has 9 nitrogen and oxygen atoms in total. The van der Waals surface area contributed by atoms with Crippen molar-refractivity contribution in [3.63, 3.8) is 0 Å². The highest BCUT2D eigenvalue weighted by Gasteiger charge is 2.24. The van der Waals surface area contributed by atoms with Gasteiger partial charge in [-0.15, -0.1) is 0 Å². The maximum absolute atomic E-state index is 12.9. The Kier molecular flexibility index (Phi) is 5.06. The SMILES string of the molecule is COc1ccc2[nH]c3c(c2c1)CN(C(=O)Cn1cc(NC(=O)c2ccccn2)cn1)CC3. The zero-order valence-corrected chi connectivity index (χ0v) is 17.5. The second kappa shape index (κ2) is 8.18. The highest BCUT2D eigenvalue weighted by molar-refractivity contribution is 6.02. The molecule has 0 spiro atoms. The smallest absolute Gasteiger partial charge is 0.274 e. The van der Waals surface area contributed by atoms with Crippen molar-refractivity contribution in [2.45, 2.75) is 19.5 Å². The van der Waals surface area contributed by atoms with E-state index >= 15 is 0 Å². The number of nitrogens with zero attached hydrogens (tertiary/aromatic N) is 4. The summed E-state index contributed by atoms with van der Waals surface area (Å²) < 4.78 is 6.89. The summed E-state index contributed by atoms with van der Waals surface area (Å²) >= 11 is 0. The van der Waals surface area contributed by atoms with E-state index in [4.69, 9.17) is 4.74 Å². The number of anilines is 1. The van der Waals surface area contributed by atoms with Gasteiger partial charge in [-0.2, -0.15) is 5.10 Å². The lowest BCUT2D eigenvalue weighted by Crippen LogP contribution is -2.38. The second-order valence-electron chi connectivity index (χ2n) is 7.65. The summed E-state index contributed by atoms with van der Waals surface area (Å²) in [5, 5.41) is 8.04. The number of carbonyl (C=O) groups is 2. The lowest BCUT2D eigenvalue weighted by atomic mass is 10.0. The van der Waals surface area contributed by atoms with E-state index in [1.54, 1.807) is 37.7 Å². The zero-order valence-electron chi connectivity index (χ0n) is 17.5. The van der Waals surface area contributed by atoms with Crippen LogP contribution in [0.1, 0.15) is 21.7 Å². The number of aromatic nitrogens is 4. The van der Waals surface area contributed by atoms with Crippen LogP contribution in [0, 0.1) is 0 Å². The highest BCUT2D eigenvalue weighted by atomic mass is 16.5. The van der Waals surface area contributed by atoms with Gasteiger partial charge in [-0.3, -0.25) is 19.3 Å². The van der Waals surface area contributed by atoms with Gasteiger partial charge in [0.05, 0.1) is 19.0 Å². The first kappa shape index (κ1) is 19.8. The number of carbonyl (C=O) groups excluding carboxylic acids is 2. The van der Waals surface area contributed by atoms with Crippen molar-refractivity contribution in [1.29, 1.82) is 0 Å². The molecule has 162 valence electrons. The first-order chi connectivity index (χ1) is 15.6. The molecule has 4 heterocycles. The Labute approximate surface area is 184 Å². The van der Waals surface area contributed by atoms with Gasteiger partial charge in [0.1, 0.15) is 18.0 Å². The number of ether oxygens (including phenoxy) is 1. The maximum atomic E-state index is 12.9. The molecule has 0 radical (unpaired) electrons. The fraction of sp³-hybridized carbons (Fsp3) is 0.217. The van der Waals surface area contributed by atoms with E-state index < -0.39 is 0 Å². The number of amides is 2. The van der Waals surface area contributed by atoms with Gasteiger partial charge in [0, 0.05) is 54.1 Å². The van der Waals surface area contributed by atoms with Crippen molar-refractivity contribution < 1.29 is 14.3 Å². The van der Waals surface area contributed by atoms with Crippen LogP contribution < -0.4 is 10.1 Å². The molecule has 2 amide bonds. The van der Waals surface area contributed by atoms with Gasteiger partial charge >= 0.3 is 0 Å². The third kappa shape index (κ3) is 3.80. The lowest BCUT2D eigenvalue weighted by Gasteiger charge is -2.27. The van der Waals surface area contributed by atoms with E-state index in [0.29, 0.717) is 24.5 Å². The molecule has 0 bridgehead atoms. The van der Waals surface area contributed by atoms with Crippen LogP contribution in [0.15, 0.2) is 55.0 Å². The molecule has 0 unspecified atom stereocenters. The van der Waals surface area contributed by atoms with E-state index in [0.717, 1.165) is 34.3 Å². The molecule has 0 aliphatic carbocycles. The third-order valence-electron chi connectivity index (χ3n) is 5.62. The first-order valence-corrected chi connectivity index (χ1v) is 10.3. The predicted molar refractivity (Wildman–Crippen MR) is 118 cm³/mol. The number of hydrogen-bond donors (Lipinski definition) is 2. The summed E-state index contributed by atoms with van der Waals surface area (Å²) in [5.41, 5.74) is 4.16. The monoisotopic (exact) mass is 430 g/mol. The number of nitrogens with one attached hydrogen (secondary N) is 2. The fourth-order valence-electron chi connectivity index (χ4n) is 3.98. The number of aromatic amines is 1. The molecular formula is C23H22N6O3. The molecule has 1 aliphatic heterocycles. The van der Waals surface area contributed by atoms with Crippen LogP contribution in [-0.4, -0.2) is 50.1 Å². The van der Waals surface area contributed by atoms with Crippen molar-refractivity contribution in [3.8, 4) is 5.75 Å². The number of H-pyrrole nitrogens is 1. The van der Waals surface area contributed by atoms with E-state index in [9.17, 15) is 9.59 Å². The van der Waals surface area contributed by atoms with E-state index in [2.05, 4.69) is 20.4 Å². The molecule has 5 rings (SSSR count). The summed E-state index contributed by atoms with van der Waals surface area (Å²) in [4.78, 5) is 34.5. The standard InChI is InChI=1S/C23H22N6O3/c1-32-16-5-6-19-17(10-16)18-13-28(9-7-20(18)27-19)22(30)14-29-12-15(11-25-29)26-23(31)21-4-2-3-8-24-21/h2-6,8,10-12,27H,7,9,13-14H2,1H3,(H,26,31). The molecule has 0 atom stereocenters. The Balaban J connectivity index is 1.26. The molecule has 1 aromatic carbocycles. The van der Waals surface area contributed by atoms with Gasteiger partial charge < -0.3 is 19.9 Å². The molecule has 0 fully saturated rings. The summed E-state index contributed by atoms with van der Waals surface area (Å²) in [5.74, 6) is 0.438. The second-order valence-corrected chi connectivity index (χ2v) is 7.65. The highest BCUT2D eigenvalue weighted by Crippen LogP contribution is 2.30. The van der Waals surface area contributed by atoms with Crippen LogP contribution in [-0.2, 0) is 24.3 Å². The quantitative estimate of drug-likeness (QED) is 0.506. The molecular weight excluding hydrogens is 408 g/mol. The van der Waals surface area contributed by atoms with Crippen molar-refractivity contribution in [1.82, 2.24) is 24.6 Å². The molecule has 0 saturated carbocycles. The minimum absolute atomic E-state index is 0.0291. The topological polar surface area (TPSA) is 105 Å². The predicted octanol–water partition coefficient (Wildman–Crippen LogP) is 2.61. The third-order valence-corrected chi connectivity index (χ3v) is 5.62. The van der Waals surface area contributed by atoms with Gasteiger partial charge in [-0.25, -0.2) is 0 Å². The van der Waals surface area contributed by atoms with Crippen LogP contribution in [0.25, 0.3) is 10.9 Å². The summed E-state index contributed by atoms with van der Waals surface area (Å²) in [7, 11) is 1.65. The Morgan fingerprint density at radius 1 is 1.25 bits per heavy atom. The maximum Gasteiger partial charge on any atom is 0.274 e. The Bertz CT molecular complexity index is 1290. The Hall–Kier alpha value is -4.14. The molecule has 9 heteroatoms. The minimum atomic E-state index is -0.324. The minimum Gasteiger partial charge on any atom is -0.497 e. The van der Waals surface area contributed by atoms with Gasteiger partial charge in [0.25, 0.3) is 5.91 Å². The average molecular weight is 430 g/mol. The van der Waals surface area contributed by atoms with E-state index in [-0.39, 0.29) is 18.4 Å². The Morgan fingerprint density at radius 3 is 2.97 bits per heavy atom. The molecule has 1 aliphatic rings. The van der Waals surface area contributed by atoms with Gasteiger partial charge in [-0.05, 0) is 30.3 Å². The molecule has 3 aromatic heterocycles. The lowest BCUT2D eigenvalue weighted by molar-refractivity contribution is -0.132. The Morgan fingerprint density at radius 2 is 2.16 bits per heavy atom. The number of rotatable bonds is 5. The summed E-state index contributed by atoms with van der Waals surface area (Å²) in [6.45, 7) is 1.27. The molecule has 2 N–H and O–H groups in total. The van der Waals surface area contributed by atoms with Gasteiger partial charge in [0.15, 0.2) is 0 Å². The first-order valence-electron chi connectivity index (χ1n) is 10.3. The fourth-order valence-corrected chi connectivity index (χ4v) is 3.98. The average Bonchev–Trinajstić information content (AvgIpc) is 3.42. The van der Waals surface area contributed by atoms with Crippen LogP contribution in [0.4, 0.5) is 5.69 Å². The van der Waals surface area contributed by atoms with E-state index in [1.807, 2.05) is 23.1 Å². The summed E-state index contributed by atoms with van der Waals surface area (Å²) in [6.07, 6.45) is 5.49. The normalized spacial score (nSPS) is 13.1. The van der Waals surface area contributed by atoms with Gasteiger partial charge in [0.2, 0.25) is 5.91 Å².